The highest BCUT2D eigenvalue weighted by atomic mass is 79.9. The molecule has 1 aromatic heterocycles. The van der Waals surface area contributed by atoms with Gasteiger partial charge in [-0.3, -0.25) is 0 Å². The second-order valence-electron chi connectivity index (χ2n) is 2.88. The lowest BCUT2D eigenvalue weighted by Gasteiger charge is -2.06. The molecule has 0 bridgehead atoms. The van der Waals surface area contributed by atoms with Crippen LogP contribution in [0.1, 0.15) is 0 Å². The molecule has 0 atom stereocenters. The number of aromatic nitrogens is 2. The molecule has 0 aliphatic carbocycles. The predicted molar refractivity (Wildman–Crippen MR) is 66.8 cm³/mol. The highest BCUT2D eigenvalue weighted by molar-refractivity contribution is 9.10. The van der Waals surface area contributed by atoms with E-state index in [4.69, 9.17) is 23.2 Å². The summed E-state index contributed by atoms with van der Waals surface area (Å²) < 4.78 is 0.877. The fourth-order valence-corrected chi connectivity index (χ4v) is 2.34. The molecule has 1 aromatic carbocycles. The van der Waals surface area contributed by atoms with Crippen LogP contribution >= 0.6 is 39.1 Å². The quantitative estimate of drug-likeness (QED) is 0.816. The maximum atomic E-state index is 6.06. The van der Waals surface area contributed by atoms with Crippen molar-refractivity contribution in [3.05, 3.63) is 26.9 Å². The first-order valence-electron chi connectivity index (χ1n) is 4.12. The average Bonchev–Trinajstić information content (AvgIpc) is 2.18. The molecule has 3 nitrogen and oxygen atoms in total. The smallest absolute Gasteiger partial charge is 0.224 e. The molecule has 2 aromatic rings. The fraction of sp³-hybridized carbons (Fsp3) is 0.111. The summed E-state index contributed by atoms with van der Waals surface area (Å²) >= 11 is 15.2. The summed E-state index contributed by atoms with van der Waals surface area (Å²) in [6.07, 6.45) is 0. The number of benzene rings is 1. The van der Waals surface area contributed by atoms with E-state index in [9.17, 15) is 0 Å². The van der Waals surface area contributed by atoms with Crippen LogP contribution in [0, 0.1) is 0 Å². The lowest BCUT2D eigenvalue weighted by molar-refractivity contribution is 1.21. The fourth-order valence-electron chi connectivity index (χ4n) is 1.32. The van der Waals surface area contributed by atoms with E-state index in [0.29, 0.717) is 16.4 Å². The van der Waals surface area contributed by atoms with Gasteiger partial charge in [-0.15, -0.1) is 0 Å². The standard InChI is InChI=1S/C9H6BrCl2N3/c1-13-8-5-2-4(10)3-6(11)7(5)14-9(12)15-8/h2-3H,1H3,(H,13,14,15). The zero-order valence-electron chi connectivity index (χ0n) is 7.68. The van der Waals surface area contributed by atoms with Crippen molar-refractivity contribution < 1.29 is 0 Å². The van der Waals surface area contributed by atoms with Gasteiger partial charge in [-0.05, 0) is 23.7 Å². The van der Waals surface area contributed by atoms with Gasteiger partial charge in [0.15, 0.2) is 0 Å². The molecule has 2 rings (SSSR count). The third-order valence-corrected chi connectivity index (χ3v) is 2.84. The predicted octanol–water partition coefficient (Wildman–Crippen LogP) is 3.74. The Balaban J connectivity index is 2.89. The Labute approximate surface area is 105 Å². The number of anilines is 1. The number of hydrogen-bond acceptors (Lipinski definition) is 3. The van der Waals surface area contributed by atoms with Crippen LogP contribution in [0.15, 0.2) is 16.6 Å². The van der Waals surface area contributed by atoms with E-state index in [-0.39, 0.29) is 5.28 Å². The maximum absolute atomic E-state index is 6.06. The maximum Gasteiger partial charge on any atom is 0.224 e. The molecule has 1 N–H and O–H groups in total. The summed E-state index contributed by atoms with van der Waals surface area (Å²) in [6.45, 7) is 0. The third kappa shape index (κ3) is 2.02. The molecular formula is C9H6BrCl2N3. The number of fused-ring (bicyclic) bond motifs is 1. The van der Waals surface area contributed by atoms with Crippen molar-refractivity contribution in [1.82, 2.24) is 9.97 Å². The molecule has 0 saturated carbocycles. The normalized spacial score (nSPS) is 10.7. The lowest BCUT2D eigenvalue weighted by Crippen LogP contribution is -1.96. The summed E-state index contributed by atoms with van der Waals surface area (Å²) in [5.41, 5.74) is 0.643. The van der Waals surface area contributed by atoms with E-state index >= 15 is 0 Å². The van der Waals surface area contributed by atoms with E-state index in [1.54, 1.807) is 13.1 Å². The zero-order valence-corrected chi connectivity index (χ0v) is 10.8. The van der Waals surface area contributed by atoms with Crippen molar-refractivity contribution in [3.8, 4) is 0 Å². The molecule has 78 valence electrons. The number of halogens is 3. The molecule has 0 saturated heterocycles. The van der Waals surface area contributed by atoms with Gasteiger partial charge < -0.3 is 5.32 Å². The Morgan fingerprint density at radius 1 is 1.27 bits per heavy atom. The van der Waals surface area contributed by atoms with E-state index in [1.807, 2.05) is 6.07 Å². The number of rotatable bonds is 1. The topological polar surface area (TPSA) is 37.8 Å². The first-order valence-corrected chi connectivity index (χ1v) is 5.67. The Bertz CT molecular complexity index is 530. The molecule has 0 spiro atoms. The first kappa shape index (κ1) is 10.9. The van der Waals surface area contributed by atoms with Gasteiger partial charge in [-0.25, -0.2) is 9.97 Å². The zero-order chi connectivity index (χ0) is 11.0. The second-order valence-corrected chi connectivity index (χ2v) is 4.54. The van der Waals surface area contributed by atoms with E-state index < -0.39 is 0 Å². The third-order valence-electron chi connectivity index (χ3n) is 1.93. The molecule has 1 heterocycles. The molecular weight excluding hydrogens is 301 g/mol. The van der Waals surface area contributed by atoms with Crippen molar-refractivity contribution >= 4 is 55.9 Å². The summed E-state index contributed by atoms with van der Waals surface area (Å²) in [7, 11) is 1.77. The summed E-state index contributed by atoms with van der Waals surface area (Å²) in [6, 6.07) is 3.66. The molecule has 0 amide bonds. The minimum atomic E-state index is 0.177. The Morgan fingerprint density at radius 2 is 2.00 bits per heavy atom. The SMILES string of the molecule is CNc1nc(Cl)nc2c(Cl)cc(Br)cc12. The number of nitrogens with zero attached hydrogens (tertiary/aromatic N) is 2. The van der Waals surface area contributed by atoms with Crippen molar-refractivity contribution in [2.45, 2.75) is 0 Å². The highest BCUT2D eigenvalue weighted by Crippen LogP contribution is 2.31. The van der Waals surface area contributed by atoms with E-state index in [0.717, 1.165) is 9.86 Å². The minimum Gasteiger partial charge on any atom is -0.372 e. The molecule has 0 aliphatic rings. The monoisotopic (exact) mass is 305 g/mol. The van der Waals surface area contributed by atoms with Crippen molar-refractivity contribution in [3.63, 3.8) is 0 Å². The second kappa shape index (κ2) is 4.12. The van der Waals surface area contributed by atoms with Gasteiger partial charge in [0.05, 0.1) is 10.5 Å². The van der Waals surface area contributed by atoms with Gasteiger partial charge >= 0.3 is 0 Å². The first-order chi connectivity index (χ1) is 7.11. The van der Waals surface area contributed by atoms with E-state index in [2.05, 4.69) is 31.2 Å². The van der Waals surface area contributed by atoms with Gasteiger partial charge in [0.25, 0.3) is 0 Å². The van der Waals surface area contributed by atoms with Gasteiger partial charge in [-0.2, -0.15) is 0 Å². The highest BCUT2D eigenvalue weighted by Gasteiger charge is 2.09. The molecule has 0 aliphatic heterocycles. The van der Waals surface area contributed by atoms with Gasteiger partial charge in [-0.1, -0.05) is 27.5 Å². The van der Waals surface area contributed by atoms with Crippen LogP contribution in [-0.2, 0) is 0 Å². The van der Waals surface area contributed by atoms with Crippen LogP contribution in [-0.4, -0.2) is 17.0 Å². The Hall–Kier alpha value is -0.580. The Morgan fingerprint density at radius 3 is 2.67 bits per heavy atom. The minimum absolute atomic E-state index is 0.177. The summed E-state index contributed by atoms with van der Waals surface area (Å²) in [5, 5.41) is 4.50. The number of hydrogen-bond donors (Lipinski definition) is 1. The van der Waals surface area contributed by atoms with Gasteiger partial charge in [0.1, 0.15) is 5.82 Å². The van der Waals surface area contributed by atoms with Crippen molar-refractivity contribution in [2.24, 2.45) is 0 Å². The average molecular weight is 307 g/mol. The Kier molecular flexibility index (Phi) is 3.00. The van der Waals surface area contributed by atoms with Crippen LogP contribution in [0.25, 0.3) is 10.9 Å². The number of nitrogens with one attached hydrogen (secondary N) is 1. The van der Waals surface area contributed by atoms with Gasteiger partial charge in [0.2, 0.25) is 5.28 Å². The van der Waals surface area contributed by atoms with Crippen molar-refractivity contribution in [2.75, 3.05) is 12.4 Å². The molecule has 0 unspecified atom stereocenters. The van der Waals surface area contributed by atoms with Crippen LogP contribution in [0.5, 0.6) is 0 Å². The molecule has 0 radical (unpaired) electrons. The van der Waals surface area contributed by atoms with Crippen LogP contribution in [0.3, 0.4) is 0 Å². The van der Waals surface area contributed by atoms with E-state index in [1.165, 1.54) is 0 Å². The van der Waals surface area contributed by atoms with Crippen LogP contribution < -0.4 is 5.32 Å². The van der Waals surface area contributed by atoms with Crippen LogP contribution in [0.2, 0.25) is 10.3 Å². The molecule has 6 heteroatoms. The molecule has 0 fully saturated rings. The molecule has 15 heavy (non-hydrogen) atoms. The van der Waals surface area contributed by atoms with Crippen LogP contribution in [0.4, 0.5) is 5.82 Å². The largest absolute Gasteiger partial charge is 0.372 e. The van der Waals surface area contributed by atoms with Gasteiger partial charge in [0, 0.05) is 16.9 Å². The summed E-state index contributed by atoms with van der Waals surface area (Å²) in [5.74, 6) is 0.660. The van der Waals surface area contributed by atoms with Crippen molar-refractivity contribution in [1.29, 1.82) is 0 Å². The lowest BCUT2D eigenvalue weighted by atomic mass is 10.2. The summed E-state index contributed by atoms with van der Waals surface area (Å²) in [4.78, 5) is 8.15.